The molecule has 0 aliphatic carbocycles. The fraction of sp³-hybridized carbons (Fsp3) is 0.316. The highest BCUT2D eigenvalue weighted by Gasteiger charge is 2.33. The maximum absolute atomic E-state index is 12.7. The number of nitrogens with one attached hydrogen (secondary N) is 2. The first-order valence-corrected chi connectivity index (χ1v) is 8.75. The lowest BCUT2D eigenvalue weighted by atomic mass is 10.1. The van der Waals surface area contributed by atoms with Gasteiger partial charge in [0.05, 0.1) is 18.7 Å². The number of carbonyl (C=O) groups is 2. The summed E-state index contributed by atoms with van der Waals surface area (Å²) >= 11 is 0. The van der Waals surface area contributed by atoms with Gasteiger partial charge in [0, 0.05) is 24.2 Å². The van der Waals surface area contributed by atoms with Crippen molar-refractivity contribution < 1.29 is 27.7 Å². The molecular formula is C19H20F3N4O2+. The Morgan fingerprint density at radius 2 is 1.64 bits per heavy atom. The van der Waals surface area contributed by atoms with Crippen LogP contribution in [0.5, 0.6) is 0 Å². The maximum atomic E-state index is 12.7. The SMILES string of the molecule is CC(=O)Nc1ccc(C(=O)N2CCN(c3ccc(C(F)(F)F)c[nH+]3)CC2)cc1. The maximum Gasteiger partial charge on any atom is 0.419 e. The van der Waals surface area contributed by atoms with Crippen LogP contribution < -0.4 is 15.2 Å². The Kier molecular flexibility index (Phi) is 5.53. The van der Waals surface area contributed by atoms with Crippen LogP contribution in [0.3, 0.4) is 0 Å². The number of amides is 2. The number of H-pyrrole nitrogens is 1. The normalized spacial score (nSPS) is 14.7. The number of rotatable bonds is 3. The van der Waals surface area contributed by atoms with E-state index in [2.05, 4.69) is 10.3 Å². The second-order valence-corrected chi connectivity index (χ2v) is 6.50. The van der Waals surface area contributed by atoms with E-state index in [9.17, 15) is 22.8 Å². The number of nitrogens with zero attached hydrogens (tertiary/aromatic N) is 2. The van der Waals surface area contributed by atoms with Crippen molar-refractivity contribution in [2.45, 2.75) is 13.1 Å². The van der Waals surface area contributed by atoms with Crippen LogP contribution in [0.25, 0.3) is 0 Å². The van der Waals surface area contributed by atoms with Crippen LogP contribution in [-0.2, 0) is 11.0 Å². The number of benzene rings is 1. The first-order valence-electron chi connectivity index (χ1n) is 8.75. The van der Waals surface area contributed by atoms with Crippen molar-refractivity contribution in [2.24, 2.45) is 0 Å². The number of hydrogen-bond acceptors (Lipinski definition) is 3. The smallest absolute Gasteiger partial charge is 0.331 e. The molecule has 148 valence electrons. The highest BCUT2D eigenvalue weighted by molar-refractivity contribution is 5.95. The molecule has 3 rings (SSSR count). The summed E-state index contributed by atoms with van der Waals surface area (Å²) in [6.45, 7) is 3.35. The van der Waals surface area contributed by atoms with Crippen molar-refractivity contribution in [3.8, 4) is 0 Å². The molecule has 6 nitrogen and oxygen atoms in total. The van der Waals surface area contributed by atoms with E-state index in [4.69, 9.17) is 0 Å². The largest absolute Gasteiger partial charge is 0.419 e. The van der Waals surface area contributed by atoms with E-state index in [-0.39, 0.29) is 11.8 Å². The average Bonchev–Trinajstić information content (AvgIpc) is 2.67. The molecule has 0 saturated carbocycles. The number of aromatic amines is 1. The molecule has 2 amide bonds. The second-order valence-electron chi connectivity index (χ2n) is 6.50. The Hall–Kier alpha value is -3.10. The van der Waals surface area contributed by atoms with Crippen LogP contribution in [0.15, 0.2) is 42.6 Å². The second kappa shape index (κ2) is 7.87. The minimum Gasteiger partial charge on any atom is -0.331 e. The summed E-state index contributed by atoms with van der Waals surface area (Å²) in [4.78, 5) is 30.0. The Morgan fingerprint density at radius 1 is 1.00 bits per heavy atom. The van der Waals surface area contributed by atoms with Gasteiger partial charge >= 0.3 is 6.18 Å². The van der Waals surface area contributed by atoms with Crippen LogP contribution in [0.4, 0.5) is 24.7 Å². The van der Waals surface area contributed by atoms with Crippen LogP contribution >= 0.6 is 0 Å². The van der Waals surface area contributed by atoms with Crippen molar-refractivity contribution in [1.29, 1.82) is 0 Å². The van der Waals surface area contributed by atoms with E-state index in [0.29, 0.717) is 43.2 Å². The Bertz CT molecular complexity index is 843. The molecule has 0 atom stereocenters. The van der Waals surface area contributed by atoms with Gasteiger partial charge in [0.1, 0.15) is 19.3 Å². The van der Waals surface area contributed by atoms with E-state index >= 15 is 0 Å². The highest BCUT2D eigenvalue weighted by atomic mass is 19.4. The predicted molar refractivity (Wildman–Crippen MR) is 96.9 cm³/mol. The van der Waals surface area contributed by atoms with Gasteiger partial charge in [-0.05, 0) is 30.3 Å². The van der Waals surface area contributed by atoms with Gasteiger partial charge in [0.2, 0.25) is 5.91 Å². The summed E-state index contributed by atoms with van der Waals surface area (Å²) in [5.74, 6) is 0.278. The van der Waals surface area contributed by atoms with Gasteiger partial charge in [-0.1, -0.05) is 0 Å². The molecule has 1 aromatic carbocycles. The topological polar surface area (TPSA) is 66.8 Å². The lowest BCUT2D eigenvalue weighted by Gasteiger charge is -2.31. The van der Waals surface area contributed by atoms with Crippen molar-refractivity contribution in [2.75, 3.05) is 36.4 Å². The van der Waals surface area contributed by atoms with Crippen molar-refractivity contribution in [3.05, 3.63) is 53.7 Å². The first-order chi connectivity index (χ1) is 13.2. The molecular weight excluding hydrogens is 373 g/mol. The van der Waals surface area contributed by atoms with Crippen molar-refractivity contribution in [3.63, 3.8) is 0 Å². The number of aromatic nitrogens is 1. The molecule has 0 unspecified atom stereocenters. The first kappa shape index (κ1) is 19.7. The zero-order valence-electron chi connectivity index (χ0n) is 15.2. The van der Waals surface area contributed by atoms with Crippen LogP contribution in [-0.4, -0.2) is 42.9 Å². The van der Waals surface area contributed by atoms with E-state index in [1.807, 2.05) is 4.90 Å². The van der Waals surface area contributed by atoms with Crippen LogP contribution in [0.1, 0.15) is 22.8 Å². The number of alkyl halides is 3. The van der Waals surface area contributed by atoms with Crippen molar-refractivity contribution in [1.82, 2.24) is 4.90 Å². The molecule has 1 fully saturated rings. The molecule has 1 aliphatic rings. The molecule has 0 spiro atoms. The Balaban J connectivity index is 1.58. The average molecular weight is 393 g/mol. The van der Waals surface area contributed by atoms with Crippen molar-refractivity contribution >= 4 is 23.3 Å². The zero-order valence-corrected chi connectivity index (χ0v) is 15.2. The number of halogens is 3. The Morgan fingerprint density at radius 3 is 2.14 bits per heavy atom. The zero-order chi connectivity index (χ0) is 20.3. The molecule has 2 N–H and O–H groups in total. The number of anilines is 2. The van der Waals surface area contributed by atoms with Crippen LogP contribution in [0.2, 0.25) is 0 Å². The lowest BCUT2D eigenvalue weighted by molar-refractivity contribution is -0.367. The quantitative estimate of drug-likeness (QED) is 0.871. The third-order valence-corrected chi connectivity index (χ3v) is 4.48. The summed E-state index contributed by atoms with van der Waals surface area (Å²) < 4.78 is 38.0. The standard InChI is InChI=1S/C19H19F3N4O2/c1-13(27)24-16-5-2-14(3-6-16)18(28)26-10-8-25(9-11-26)17-7-4-15(12-23-17)19(20,21)22/h2-7,12H,8-11H2,1H3,(H,24,27)/p+1. The molecule has 9 heteroatoms. The van der Waals surface area contributed by atoms with Gasteiger partial charge in [-0.2, -0.15) is 13.2 Å². The van der Waals surface area contributed by atoms with E-state index in [1.165, 1.54) is 13.0 Å². The van der Waals surface area contributed by atoms with E-state index < -0.39 is 11.7 Å². The summed E-state index contributed by atoms with van der Waals surface area (Å²) in [6, 6.07) is 9.10. The minimum atomic E-state index is -4.38. The summed E-state index contributed by atoms with van der Waals surface area (Å²) in [5, 5.41) is 2.64. The summed E-state index contributed by atoms with van der Waals surface area (Å²) in [6.07, 6.45) is -3.43. The van der Waals surface area contributed by atoms with E-state index in [0.717, 1.165) is 12.3 Å². The molecule has 0 bridgehead atoms. The molecule has 28 heavy (non-hydrogen) atoms. The van der Waals surface area contributed by atoms with Gasteiger partial charge in [-0.15, -0.1) is 0 Å². The molecule has 2 aromatic rings. The van der Waals surface area contributed by atoms with Crippen LogP contribution in [0, 0.1) is 0 Å². The molecule has 1 aromatic heterocycles. The summed E-state index contributed by atoms with van der Waals surface area (Å²) in [5.41, 5.74) is 0.406. The molecule has 0 radical (unpaired) electrons. The molecule has 2 heterocycles. The number of pyridine rings is 1. The van der Waals surface area contributed by atoms with E-state index in [1.54, 1.807) is 29.2 Å². The summed E-state index contributed by atoms with van der Waals surface area (Å²) in [7, 11) is 0. The van der Waals surface area contributed by atoms with Gasteiger partial charge in [0.25, 0.3) is 11.7 Å². The van der Waals surface area contributed by atoms with Gasteiger partial charge < -0.3 is 10.2 Å². The van der Waals surface area contributed by atoms with Gasteiger partial charge in [-0.3, -0.25) is 14.5 Å². The fourth-order valence-electron chi connectivity index (χ4n) is 3.02. The predicted octanol–water partition coefficient (Wildman–Crippen LogP) is 2.44. The third-order valence-electron chi connectivity index (χ3n) is 4.48. The highest BCUT2D eigenvalue weighted by Crippen LogP contribution is 2.28. The fourth-order valence-corrected chi connectivity index (χ4v) is 3.02. The lowest BCUT2D eigenvalue weighted by Crippen LogP contribution is -2.50. The number of carbonyl (C=O) groups excluding carboxylic acids is 2. The Labute approximate surface area is 160 Å². The third kappa shape index (κ3) is 4.59. The molecule has 1 aliphatic heterocycles. The molecule has 1 saturated heterocycles. The number of piperazine rings is 1. The monoisotopic (exact) mass is 393 g/mol. The minimum absolute atomic E-state index is 0.120. The van der Waals surface area contributed by atoms with Gasteiger partial charge in [-0.25, -0.2) is 4.98 Å². The van der Waals surface area contributed by atoms with Gasteiger partial charge in [0.15, 0.2) is 0 Å². The number of hydrogen-bond donors (Lipinski definition) is 1.